The molecule has 3 aromatic rings. The minimum atomic E-state index is -1.45. The van der Waals surface area contributed by atoms with Crippen LogP contribution >= 0.6 is 11.3 Å². The second kappa shape index (κ2) is 10.7. The molecule has 2 aromatic heterocycles. The van der Waals surface area contributed by atoms with Crippen molar-refractivity contribution in [2.45, 2.75) is 45.4 Å². The van der Waals surface area contributed by atoms with Crippen molar-refractivity contribution in [3.8, 4) is 0 Å². The Morgan fingerprint density at radius 2 is 2.03 bits per heavy atom. The standard InChI is InChI=1S/C27H26N6O5S/c1-15-10-11-32(12-16(15)2)20-9-8-19-22(25(35)33(19)23(20)26(36)37)30-24(34)21(18-14-39-27(28)29-18)31-38-13-17-6-4-3-5-7-17/h3-7,10-12,14,19,22H,8-9,13H2,1-2H3,(H3-,28,29,30,34,36,37)/b31-21-/t19-,22+/m1/s1. The zero-order valence-electron chi connectivity index (χ0n) is 21.3. The number of anilines is 1. The van der Waals surface area contributed by atoms with Crippen molar-refractivity contribution in [3.63, 3.8) is 0 Å². The lowest BCUT2D eigenvalue weighted by Crippen LogP contribution is -2.73. The predicted molar refractivity (Wildman–Crippen MR) is 140 cm³/mol. The van der Waals surface area contributed by atoms with E-state index in [4.69, 9.17) is 10.6 Å². The van der Waals surface area contributed by atoms with Gasteiger partial charge in [-0.15, -0.1) is 11.3 Å². The Hall–Kier alpha value is -4.58. The molecule has 4 heterocycles. The summed E-state index contributed by atoms with van der Waals surface area (Å²) in [7, 11) is 0. The second-order valence-electron chi connectivity index (χ2n) is 9.34. The van der Waals surface area contributed by atoms with Gasteiger partial charge < -0.3 is 25.8 Å². The molecule has 12 heteroatoms. The molecule has 39 heavy (non-hydrogen) atoms. The number of nitrogen functional groups attached to an aromatic ring is 1. The number of benzene rings is 1. The number of allylic oxidation sites excluding steroid dienone is 1. The topological polar surface area (TPSA) is 154 Å². The number of hydrogen-bond acceptors (Lipinski definition) is 9. The maximum atomic E-state index is 13.3. The fourth-order valence-corrected chi connectivity index (χ4v) is 5.23. The average Bonchev–Trinajstić information content (AvgIpc) is 3.36. The highest BCUT2D eigenvalue weighted by Gasteiger charge is 2.54. The lowest BCUT2D eigenvalue weighted by atomic mass is 9.85. The van der Waals surface area contributed by atoms with Crippen molar-refractivity contribution >= 4 is 45.7 Å². The van der Waals surface area contributed by atoms with Crippen molar-refractivity contribution < 1.29 is 28.9 Å². The van der Waals surface area contributed by atoms with Crippen molar-refractivity contribution in [3.05, 3.63) is 82.3 Å². The van der Waals surface area contributed by atoms with Gasteiger partial charge in [-0.2, -0.15) is 4.57 Å². The lowest BCUT2D eigenvalue weighted by molar-refractivity contribution is -0.585. The van der Waals surface area contributed by atoms with E-state index in [0.717, 1.165) is 28.0 Å². The molecule has 2 aliphatic rings. The number of carbonyl (C=O) groups excluding carboxylic acids is 3. The number of oxime groups is 1. The number of thiazole rings is 1. The van der Waals surface area contributed by atoms with Gasteiger partial charge >= 0.3 is 0 Å². The molecule has 2 aliphatic heterocycles. The summed E-state index contributed by atoms with van der Waals surface area (Å²) >= 11 is 1.14. The number of aryl methyl sites for hydroxylation is 2. The van der Waals surface area contributed by atoms with Gasteiger partial charge in [0.2, 0.25) is 5.70 Å². The van der Waals surface area contributed by atoms with E-state index in [2.05, 4.69) is 15.5 Å². The Morgan fingerprint density at radius 1 is 1.26 bits per heavy atom. The number of hydrogen-bond donors (Lipinski definition) is 2. The first kappa shape index (κ1) is 26.0. The molecular weight excluding hydrogens is 520 g/mol. The van der Waals surface area contributed by atoms with Crippen molar-refractivity contribution in [2.75, 3.05) is 5.73 Å². The maximum absolute atomic E-state index is 13.3. The first-order valence-corrected chi connectivity index (χ1v) is 13.1. The van der Waals surface area contributed by atoms with Gasteiger partial charge in [-0.3, -0.25) is 14.5 Å². The first-order chi connectivity index (χ1) is 18.7. The molecule has 0 saturated carbocycles. The monoisotopic (exact) mass is 546 g/mol. The highest BCUT2D eigenvalue weighted by atomic mass is 32.1. The quantitative estimate of drug-likeness (QED) is 0.182. The van der Waals surface area contributed by atoms with Gasteiger partial charge in [0, 0.05) is 23.4 Å². The van der Waals surface area contributed by atoms with Crippen molar-refractivity contribution in [2.24, 2.45) is 5.16 Å². The third-order valence-electron chi connectivity index (χ3n) is 6.85. The molecule has 200 valence electrons. The van der Waals surface area contributed by atoms with E-state index < -0.39 is 29.9 Å². The summed E-state index contributed by atoms with van der Waals surface area (Å²) in [6.45, 7) is 4.01. The highest BCUT2D eigenvalue weighted by molar-refractivity contribution is 7.13. The number of amides is 2. The lowest BCUT2D eigenvalue weighted by Gasteiger charge is -2.50. The number of carbonyl (C=O) groups is 3. The molecule has 1 saturated heterocycles. The molecule has 11 nitrogen and oxygen atoms in total. The Kier molecular flexibility index (Phi) is 7.11. The van der Waals surface area contributed by atoms with E-state index >= 15 is 0 Å². The zero-order chi connectivity index (χ0) is 27.7. The van der Waals surface area contributed by atoms with Crippen molar-refractivity contribution in [1.82, 2.24) is 15.2 Å². The number of carboxylic acid groups (broad SMARTS) is 1. The van der Waals surface area contributed by atoms with Crippen LogP contribution < -0.4 is 20.7 Å². The molecule has 1 aromatic carbocycles. The summed E-state index contributed by atoms with van der Waals surface area (Å²) in [4.78, 5) is 49.4. The van der Waals surface area contributed by atoms with Crippen LogP contribution in [0.25, 0.3) is 5.70 Å². The summed E-state index contributed by atoms with van der Waals surface area (Å²) in [6, 6.07) is 9.70. The van der Waals surface area contributed by atoms with Gasteiger partial charge in [0.05, 0.1) is 12.0 Å². The third-order valence-corrected chi connectivity index (χ3v) is 7.53. The van der Waals surface area contributed by atoms with Gasteiger partial charge in [0.1, 0.15) is 24.0 Å². The molecule has 0 aliphatic carbocycles. The van der Waals surface area contributed by atoms with Gasteiger partial charge in [-0.1, -0.05) is 35.5 Å². The first-order valence-electron chi connectivity index (χ1n) is 12.3. The van der Waals surface area contributed by atoms with Crippen LogP contribution in [0.5, 0.6) is 0 Å². The summed E-state index contributed by atoms with van der Waals surface area (Å²) < 4.78 is 1.71. The third kappa shape index (κ3) is 5.10. The summed E-state index contributed by atoms with van der Waals surface area (Å²) in [5.41, 5.74) is 8.99. The average molecular weight is 547 g/mol. The van der Waals surface area contributed by atoms with Crippen LogP contribution in [0.2, 0.25) is 0 Å². The SMILES string of the molecule is Cc1cc[n+](C2=C(C(=O)[O-])N3C(=O)[C@@H](NC(=O)/C(=N\OCc4ccccc4)c4csc(N)n4)[C@H]3CC2)cc1C. The van der Waals surface area contributed by atoms with Gasteiger partial charge in [-0.25, -0.2) is 4.98 Å². The van der Waals surface area contributed by atoms with E-state index in [1.807, 2.05) is 56.4 Å². The largest absolute Gasteiger partial charge is 0.543 e. The predicted octanol–water partition coefficient (Wildman–Crippen LogP) is 0.659. The van der Waals surface area contributed by atoms with Crippen molar-refractivity contribution in [1.29, 1.82) is 0 Å². The molecule has 2 atom stereocenters. The van der Waals surface area contributed by atoms with Gasteiger partial charge in [0.15, 0.2) is 23.2 Å². The van der Waals surface area contributed by atoms with Crippen LogP contribution in [-0.2, 0) is 25.8 Å². The minimum Gasteiger partial charge on any atom is -0.543 e. The van der Waals surface area contributed by atoms with Gasteiger partial charge in [0.25, 0.3) is 11.8 Å². The normalized spacial score (nSPS) is 18.9. The summed E-state index contributed by atoms with van der Waals surface area (Å²) in [5, 5.41) is 20.7. The fraction of sp³-hybridized carbons (Fsp3) is 0.259. The minimum absolute atomic E-state index is 0.120. The Labute approximate surface area is 228 Å². The molecule has 3 N–H and O–H groups in total. The summed E-state index contributed by atoms with van der Waals surface area (Å²) in [5.74, 6) is -2.68. The van der Waals surface area contributed by atoms with Crippen LogP contribution in [-0.4, -0.2) is 45.5 Å². The molecule has 0 radical (unpaired) electrons. The van der Waals surface area contributed by atoms with Crippen LogP contribution in [0.15, 0.2) is 65.0 Å². The summed E-state index contributed by atoms with van der Waals surface area (Å²) in [6.07, 6.45) is 4.42. The molecule has 1 fully saturated rings. The maximum Gasteiger partial charge on any atom is 0.276 e. The number of fused-ring (bicyclic) bond motifs is 1. The van der Waals surface area contributed by atoms with E-state index in [9.17, 15) is 19.5 Å². The number of nitrogens with one attached hydrogen (secondary N) is 1. The second-order valence-corrected chi connectivity index (χ2v) is 10.2. The number of carboxylic acids is 1. The molecule has 0 unspecified atom stereocenters. The van der Waals surface area contributed by atoms with E-state index in [1.54, 1.807) is 16.1 Å². The number of nitrogens with zero attached hydrogens (tertiary/aromatic N) is 4. The van der Waals surface area contributed by atoms with Gasteiger partial charge in [-0.05, 0) is 31.4 Å². The smallest absolute Gasteiger partial charge is 0.276 e. The molecule has 2 amide bonds. The Morgan fingerprint density at radius 3 is 2.69 bits per heavy atom. The molecular formula is C27H26N6O5S. The molecule has 0 spiro atoms. The number of pyridine rings is 1. The number of rotatable bonds is 8. The number of aliphatic carboxylic acids is 1. The Balaban J connectivity index is 1.36. The van der Waals surface area contributed by atoms with E-state index in [0.29, 0.717) is 18.5 Å². The fourth-order valence-electron chi connectivity index (χ4n) is 4.69. The van der Waals surface area contributed by atoms with Crippen LogP contribution in [0.3, 0.4) is 0 Å². The Bertz CT molecular complexity index is 1520. The zero-order valence-corrected chi connectivity index (χ0v) is 22.1. The highest BCUT2D eigenvalue weighted by Crippen LogP contribution is 2.36. The van der Waals surface area contributed by atoms with Crippen LogP contribution in [0.4, 0.5) is 5.13 Å². The van der Waals surface area contributed by atoms with E-state index in [-0.39, 0.29) is 28.8 Å². The number of β-lactam (4-membered cyclic amide) rings is 1. The van der Waals surface area contributed by atoms with Crippen LogP contribution in [0.1, 0.15) is 35.2 Å². The molecule has 5 rings (SSSR count). The number of aromatic nitrogens is 2. The molecule has 0 bridgehead atoms. The van der Waals surface area contributed by atoms with E-state index in [1.165, 1.54) is 4.90 Å². The van der Waals surface area contributed by atoms with Crippen LogP contribution in [0, 0.1) is 13.8 Å². The number of nitrogens with two attached hydrogens (primary N) is 1.